The van der Waals surface area contributed by atoms with Crippen LogP contribution in [0.2, 0.25) is 0 Å². The van der Waals surface area contributed by atoms with Crippen molar-refractivity contribution < 1.29 is 23.8 Å². The lowest BCUT2D eigenvalue weighted by Gasteiger charge is -2.12. The lowest BCUT2D eigenvalue weighted by molar-refractivity contribution is -0.119. The summed E-state index contributed by atoms with van der Waals surface area (Å²) in [5.74, 6) is -0.105. The Hall–Kier alpha value is -3.20. The van der Waals surface area contributed by atoms with Gasteiger partial charge in [-0.2, -0.15) is 8.75 Å². The van der Waals surface area contributed by atoms with Gasteiger partial charge in [-0.3, -0.25) is 4.79 Å². The molecular weight excluding hydrogens is 382 g/mol. The maximum atomic E-state index is 12.3. The molecule has 0 atom stereocenters. The quantitative estimate of drug-likeness (QED) is 0.578. The molecule has 146 valence electrons. The van der Waals surface area contributed by atoms with Crippen LogP contribution in [0.15, 0.2) is 36.4 Å². The first-order valence-electron chi connectivity index (χ1n) is 8.70. The minimum absolute atomic E-state index is 0.269. The van der Waals surface area contributed by atoms with Crippen LogP contribution in [-0.4, -0.2) is 40.4 Å². The summed E-state index contributed by atoms with van der Waals surface area (Å²) < 4.78 is 24.3. The highest BCUT2D eigenvalue weighted by atomic mass is 32.1. The molecule has 0 radical (unpaired) electrons. The molecule has 0 spiro atoms. The van der Waals surface area contributed by atoms with Crippen LogP contribution in [0, 0.1) is 0 Å². The van der Waals surface area contributed by atoms with E-state index in [9.17, 15) is 9.59 Å². The average Bonchev–Trinajstić information content (AvgIpc) is 3.18. The third-order valence-corrected chi connectivity index (χ3v) is 4.22. The lowest BCUT2D eigenvalue weighted by atomic mass is 10.2. The van der Waals surface area contributed by atoms with Crippen LogP contribution >= 0.6 is 11.7 Å². The molecule has 1 heterocycles. The average molecular weight is 401 g/mol. The summed E-state index contributed by atoms with van der Waals surface area (Å²) in [6.45, 7) is 4.18. The number of nitrogens with one attached hydrogen (secondary N) is 1. The molecule has 9 heteroatoms. The van der Waals surface area contributed by atoms with Gasteiger partial charge in [0.15, 0.2) is 18.1 Å². The van der Waals surface area contributed by atoms with Crippen molar-refractivity contribution in [2.24, 2.45) is 0 Å². The normalized spacial score (nSPS) is 10.5. The van der Waals surface area contributed by atoms with Crippen LogP contribution in [0.1, 0.15) is 24.2 Å². The first-order chi connectivity index (χ1) is 13.6. The number of anilines is 1. The third kappa shape index (κ3) is 4.55. The topological polar surface area (TPSA) is 99.6 Å². The summed E-state index contributed by atoms with van der Waals surface area (Å²) in [5.41, 5.74) is 2.08. The number of esters is 1. The minimum Gasteiger partial charge on any atom is -0.490 e. The standard InChI is InChI=1S/C19H19N3O5S/c1-3-25-15-9-8-12(10-16(15)26-4-2)19(24)27-11-17(23)20-13-6-5-7-14-18(13)22-28-21-14/h5-10H,3-4,11H2,1-2H3,(H,20,23). The summed E-state index contributed by atoms with van der Waals surface area (Å²) in [6.07, 6.45) is 0. The van der Waals surface area contributed by atoms with Gasteiger partial charge in [-0.1, -0.05) is 6.07 Å². The van der Waals surface area contributed by atoms with E-state index in [4.69, 9.17) is 14.2 Å². The molecule has 2 aromatic carbocycles. The number of fused-ring (bicyclic) bond motifs is 1. The molecule has 1 amide bonds. The Morgan fingerprint density at radius 3 is 2.61 bits per heavy atom. The number of aromatic nitrogens is 2. The molecule has 8 nitrogen and oxygen atoms in total. The van der Waals surface area contributed by atoms with Gasteiger partial charge in [0.25, 0.3) is 5.91 Å². The molecule has 0 bridgehead atoms. The maximum absolute atomic E-state index is 12.3. The number of rotatable bonds is 8. The van der Waals surface area contributed by atoms with Gasteiger partial charge < -0.3 is 19.5 Å². The second kappa shape index (κ2) is 9.14. The second-order valence-corrected chi connectivity index (χ2v) is 6.12. The Balaban J connectivity index is 1.62. The van der Waals surface area contributed by atoms with E-state index < -0.39 is 18.5 Å². The number of ether oxygens (including phenoxy) is 3. The Morgan fingerprint density at radius 2 is 1.82 bits per heavy atom. The van der Waals surface area contributed by atoms with E-state index >= 15 is 0 Å². The molecule has 3 aromatic rings. The maximum Gasteiger partial charge on any atom is 0.338 e. The number of carbonyl (C=O) groups excluding carboxylic acids is 2. The van der Waals surface area contributed by atoms with Gasteiger partial charge in [-0.25, -0.2) is 4.79 Å². The summed E-state index contributed by atoms with van der Waals surface area (Å²) in [4.78, 5) is 24.4. The van der Waals surface area contributed by atoms with Gasteiger partial charge in [-0.05, 0) is 44.2 Å². The Morgan fingerprint density at radius 1 is 1.04 bits per heavy atom. The third-order valence-electron chi connectivity index (χ3n) is 3.67. The Bertz CT molecular complexity index is 989. The zero-order chi connectivity index (χ0) is 19.9. The molecular formula is C19H19N3O5S. The van der Waals surface area contributed by atoms with Gasteiger partial charge in [0.1, 0.15) is 11.0 Å². The molecule has 0 saturated carbocycles. The van der Waals surface area contributed by atoms with Crippen molar-refractivity contribution >= 4 is 40.3 Å². The highest BCUT2D eigenvalue weighted by Crippen LogP contribution is 2.29. The number of carbonyl (C=O) groups is 2. The van der Waals surface area contributed by atoms with Gasteiger partial charge in [-0.15, -0.1) is 0 Å². The first-order valence-corrected chi connectivity index (χ1v) is 9.43. The monoisotopic (exact) mass is 401 g/mol. The summed E-state index contributed by atoms with van der Waals surface area (Å²) in [6, 6.07) is 10.0. The van der Waals surface area contributed by atoms with Crippen LogP contribution in [0.4, 0.5) is 5.69 Å². The second-order valence-electron chi connectivity index (χ2n) is 5.59. The van der Waals surface area contributed by atoms with Crippen LogP contribution in [0.5, 0.6) is 11.5 Å². The SMILES string of the molecule is CCOc1ccc(C(=O)OCC(=O)Nc2cccc3nsnc23)cc1OCC. The number of hydrogen-bond donors (Lipinski definition) is 1. The van der Waals surface area contributed by atoms with Gasteiger partial charge in [0, 0.05) is 0 Å². The fourth-order valence-corrected chi connectivity index (χ4v) is 3.04. The van der Waals surface area contributed by atoms with E-state index in [-0.39, 0.29) is 5.56 Å². The smallest absolute Gasteiger partial charge is 0.338 e. The fraction of sp³-hybridized carbons (Fsp3) is 0.263. The lowest BCUT2D eigenvalue weighted by Crippen LogP contribution is -2.21. The molecule has 0 aliphatic carbocycles. The van der Waals surface area contributed by atoms with Crippen molar-refractivity contribution in [3.05, 3.63) is 42.0 Å². The minimum atomic E-state index is -0.632. The zero-order valence-corrected chi connectivity index (χ0v) is 16.2. The van der Waals surface area contributed by atoms with E-state index in [2.05, 4.69) is 14.1 Å². The van der Waals surface area contributed by atoms with Crippen LogP contribution in [-0.2, 0) is 9.53 Å². The van der Waals surface area contributed by atoms with Crippen LogP contribution in [0.25, 0.3) is 11.0 Å². The van der Waals surface area contributed by atoms with E-state index in [1.165, 1.54) is 6.07 Å². The van der Waals surface area contributed by atoms with E-state index in [1.54, 1.807) is 30.3 Å². The molecule has 0 unspecified atom stereocenters. The molecule has 3 rings (SSSR count). The number of benzene rings is 2. The van der Waals surface area contributed by atoms with Crippen molar-refractivity contribution in [2.45, 2.75) is 13.8 Å². The van der Waals surface area contributed by atoms with Gasteiger partial charge in [0.05, 0.1) is 36.2 Å². The van der Waals surface area contributed by atoms with Crippen molar-refractivity contribution in [1.29, 1.82) is 0 Å². The molecule has 0 fully saturated rings. The molecule has 0 aliphatic rings. The zero-order valence-electron chi connectivity index (χ0n) is 15.4. The summed E-state index contributed by atoms with van der Waals surface area (Å²) in [7, 11) is 0. The largest absolute Gasteiger partial charge is 0.490 e. The van der Waals surface area contributed by atoms with Crippen LogP contribution < -0.4 is 14.8 Å². The number of amides is 1. The van der Waals surface area contributed by atoms with E-state index in [0.717, 1.165) is 11.7 Å². The van der Waals surface area contributed by atoms with Gasteiger partial charge in [0.2, 0.25) is 0 Å². The van der Waals surface area contributed by atoms with Gasteiger partial charge >= 0.3 is 5.97 Å². The Labute approximate surface area is 165 Å². The molecule has 1 N–H and O–H groups in total. The van der Waals surface area contributed by atoms with Crippen LogP contribution in [0.3, 0.4) is 0 Å². The summed E-state index contributed by atoms with van der Waals surface area (Å²) >= 11 is 1.06. The first kappa shape index (κ1) is 19.6. The van der Waals surface area contributed by atoms with Crippen molar-refractivity contribution in [3.8, 4) is 11.5 Å². The van der Waals surface area contributed by atoms with Crippen molar-refractivity contribution in [2.75, 3.05) is 25.1 Å². The predicted octanol–water partition coefficient (Wildman–Crippen LogP) is 3.28. The van der Waals surface area contributed by atoms with E-state index in [0.29, 0.717) is 41.4 Å². The summed E-state index contributed by atoms with van der Waals surface area (Å²) in [5, 5.41) is 2.68. The molecule has 0 aliphatic heterocycles. The van der Waals surface area contributed by atoms with Crippen molar-refractivity contribution in [3.63, 3.8) is 0 Å². The molecule has 0 saturated heterocycles. The number of hydrogen-bond acceptors (Lipinski definition) is 8. The Kier molecular flexibility index (Phi) is 6.38. The van der Waals surface area contributed by atoms with Crippen molar-refractivity contribution in [1.82, 2.24) is 8.75 Å². The highest BCUT2D eigenvalue weighted by Gasteiger charge is 2.15. The fourth-order valence-electron chi connectivity index (χ4n) is 2.49. The van der Waals surface area contributed by atoms with E-state index in [1.807, 2.05) is 13.8 Å². The number of nitrogens with zero attached hydrogens (tertiary/aromatic N) is 2. The predicted molar refractivity (Wildman–Crippen MR) is 105 cm³/mol. The molecule has 1 aromatic heterocycles. The highest BCUT2D eigenvalue weighted by molar-refractivity contribution is 7.00. The molecule has 28 heavy (non-hydrogen) atoms.